The van der Waals surface area contributed by atoms with Crippen molar-refractivity contribution in [3.63, 3.8) is 0 Å². The molecule has 0 amide bonds. The van der Waals surface area contributed by atoms with Crippen molar-refractivity contribution in [1.29, 1.82) is 0 Å². The van der Waals surface area contributed by atoms with E-state index in [1.807, 2.05) is 19.3 Å². The molecule has 1 N–H and O–H groups in total. The second kappa shape index (κ2) is 7.25. The maximum absolute atomic E-state index is 14.3. The highest BCUT2D eigenvalue weighted by molar-refractivity contribution is 5.35. The molecule has 136 valence electrons. The van der Waals surface area contributed by atoms with Gasteiger partial charge in [0.2, 0.25) is 0 Å². The van der Waals surface area contributed by atoms with E-state index >= 15 is 0 Å². The van der Waals surface area contributed by atoms with Gasteiger partial charge in [0.1, 0.15) is 30.3 Å². The summed E-state index contributed by atoms with van der Waals surface area (Å²) in [6.45, 7) is 0.589. The zero-order chi connectivity index (χ0) is 17.9. The largest absolute Gasteiger partial charge is 0.486 e. The highest BCUT2D eigenvalue weighted by atomic mass is 19.1. The molecular formula is C18H21FN6O. The molecule has 1 aromatic carbocycles. The number of hydrogen-bond acceptors (Lipinski definition) is 5. The number of halogens is 1. The van der Waals surface area contributed by atoms with Gasteiger partial charge in [0.15, 0.2) is 5.75 Å². The maximum Gasteiger partial charge on any atom is 0.157 e. The van der Waals surface area contributed by atoms with Crippen LogP contribution in [0.5, 0.6) is 5.75 Å². The van der Waals surface area contributed by atoms with Crippen molar-refractivity contribution < 1.29 is 9.13 Å². The Morgan fingerprint density at radius 1 is 1.31 bits per heavy atom. The van der Waals surface area contributed by atoms with Gasteiger partial charge in [-0.15, -0.1) is 0 Å². The lowest BCUT2D eigenvalue weighted by Crippen LogP contribution is -2.38. The van der Waals surface area contributed by atoms with E-state index in [1.165, 1.54) is 23.4 Å². The van der Waals surface area contributed by atoms with Crippen LogP contribution in [0.15, 0.2) is 43.2 Å². The minimum atomic E-state index is -0.315. The predicted molar refractivity (Wildman–Crippen MR) is 93.4 cm³/mol. The fraction of sp³-hybridized carbons (Fsp3) is 0.389. The molecule has 2 heterocycles. The third-order valence-corrected chi connectivity index (χ3v) is 4.67. The number of ether oxygens (including phenoxy) is 1. The molecule has 4 rings (SSSR count). The molecule has 0 bridgehead atoms. The van der Waals surface area contributed by atoms with Crippen LogP contribution in [0.3, 0.4) is 0 Å². The normalized spacial score (nSPS) is 19.8. The average molecular weight is 356 g/mol. The van der Waals surface area contributed by atoms with E-state index in [-0.39, 0.29) is 18.0 Å². The molecule has 1 fully saturated rings. The number of aryl methyl sites for hydroxylation is 1. The second-order valence-corrected chi connectivity index (χ2v) is 6.55. The van der Waals surface area contributed by atoms with Crippen molar-refractivity contribution >= 4 is 0 Å². The van der Waals surface area contributed by atoms with E-state index in [1.54, 1.807) is 16.9 Å². The van der Waals surface area contributed by atoms with Crippen LogP contribution < -0.4 is 10.1 Å². The number of benzene rings is 1. The number of rotatable bonds is 6. The van der Waals surface area contributed by atoms with E-state index in [0.717, 1.165) is 30.6 Å². The first-order chi connectivity index (χ1) is 12.7. The fourth-order valence-corrected chi connectivity index (χ4v) is 3.36. The lowest BCUT2D eigenvalue weighted by molar-refractivity contribution is 0.174. The molecule has 1 aliphatic carbocycles. The molecule has 2 atom stereocenters. The molecule has 3 aromatic rings. The van der Waals surface area contributed by atoms with Crippen LogP contribution >= 0.6 is 0 Å². The van der Waals surface area contributed by atoms with Gasteiger partial charge in [-0.2, -0.15) is 10.2 Å². The number of aromatic nitrogens is 5. The van der Waals surface area contributed by atoms with Gasteiger partial charge in [0, 0.05) is 19.6 Å². The van der Waals surface area contributed by atoms with Gasteiger partial charge < -0.3 is 10.1 Å². The van der Waals surface area contributed by atoms with Crippen molar-refractivity contribution in [2.75, 3.05) is 0 Å². The van der Waals surface area contributed by atoms with Crippen LogP contribution in [0.2, 0.25) is 0 Å². The van der Waals surface area contributed by atoms with Crippen LogP contribution in [0.4, 0.5) is 4.39 Å². The Morgan fingerprint density at radius 3 is 2.96 bits per heavy atom. The number of hydrogen-bond donors (Lipinski definition) is 1. The van der Waals surface area contributed by atoms with E-state index in [9.17, 15) is 4.39 Å². The zero-order valence-corrected chi connectivity index (χ0v) is 14.5. The summed E-state index contributed by atoms with van der Waals surface area (Å²) in [5.41, 5.74) is 1.28. The van der Waals surface area contributed by atoms with Crippen molar-refractivity contribution in [2.45, 2.75) is 38.0 Å². The number of nitrogens with one attached hydrogen (secondary N) is 1. The summed E-state index contributed by atoms with van der Waals surface area (Å²) in [7, 11) is 1.87. The predicted octanol–water partition coefficient (Wildman–Crippen LogP) is 2.23. The minimum Gasteiger partial charge on any atom is -0.486 e. The molecule has 2 aromatic heterocycles. The summed E-state index contributed by atoms with van der Waals surface area (Å²) in [6, 6.07) is 5.40. The Hall–Kier alpha value is -2.74. The molecule has 7 nitrogen and oxygen atoms in total. The van der Waals surface area contributed by atoms with Crippen molar-refractivity contribution in [3.8, 4) is 11.4 Å². The SMILES string of the molecule is Cn1cc(O[C@@H]2CCC[C@@H]2NCc2ccc(-n3cncn3)c(F)c2)cn1. The second-order valence-electron chi connectivity index (χ2n) is 6.55. The summed E-state index contributed by atoms with van der Waals surface area (Å²) < 4.78 is 23.5. The van der Waals surface area contributed by atoms with Crippen LogP contribution in [0.25, 0.3) is 5.69 Å². The Labute approximate surface area is 150 Å². The molecule has 8 heteroatoms. The summed E-state index contributed by atoms with van der Waals surface area (Å²) in [5.74, 6) is 0.471. The van der Waals surface area contributed by atoms with Crippen molar-refractivity contribution in [3.05, 3.63) is 54.6 Å². The first-order valence-corrected chi connectivity index (χ1v) is 8.71. The first kappa shape index (κ1) is 16.7. The third-order valence-electron chi connectivity index (χ3n) is 4.67. The molecule has 0 aliphatic heterocycles. The lowest BCUT2D eigenvalue weighted by Gasteiger charge is -2.21. The quantitative estimate of drug-likeness (QED) is 0.733. The van der Waals surface area contributed by atoms with Gasteiger partial charge in [-0.25, -0.2) is 14.1 Å². The summed E-state index contributed by atoms with van der Waals surface area (Å²) in [6.07, 6.45) is 9.74. The maximum atomic E-state index is 14.3. The Bertz CT molecular complexity index is 862. The van der Waals surface area contributed by atoms with Crippen LogP contribution in [0, 0.1) is 5.82 Å². The molecule has 26 heavy (non-hydrogen) atoms. The molecule has 1 aliphatic rings. The van der Waals surface area contributed by atoms with Crippen molar-refractivity contribution in [1.82, 2.24) is 29.9 Å². The molecule has 0 radical (unpaired) electrons. The third kappa shape index (κ3) is 3.60. The topological polar surface area (TPSA) is 69.8 Å². The van der Waals surface area contributed by atoms with Crippen LogP contribution in [0.1, 0.15) is 24.8 Å². The number of nitrogens with zero attached hydrogens (tertiary/aromatic N) is 5. The molecule has 0 spiro atoms. The molecule has 0 saturated heterocycles. The van der Waals surface area contributed by atoms with Gasteiger partial charge in [-0.05, 0) is 37.0 Å². The average Bonchev–Trinajstić information content (AvgIpc) is 3.36. The Kier molecular flexibility index (Phi) is 4.66. The zero-order valence-electron chi connectivity index (χ0n) is 14.5. The summed E-state index contributed by atoms with van der Waals surface area (Å²) >= 11 is 0. The summed E-state index contributed by atoms with van der Waals surface area (Å²) in [5, 5.41) is 11.6. The Morgan fingerprint density at radius 2 is 2.23 bits per heavy atom. The molecular weight excluding hydrogens is 335 g/mol. The molecule has 0 unspecified atom stereocenters. The van der Waals surface area contributed by atoms with Crippen LogP contribution in [-0.2, 0) is 13.6 Å². The minimum absolute atomic E-state index is 0.110. The van der Waals surface area contributed by atoms with E-state index < -0.39 is 0 Å². The van der Waals surface area contributed by atoms with Gasteiger partial charge in [0.25, 0.3) is 0 Å². The smallest absolute Gasteiger partial charge is 0.157 e. The van der Waals surface area contributed by atoms with Gasteiger partial charge in [-0.1, -0.05) is 6.07 Å². The van der Waals surface area contributed by atoms with Gasteiger partial charge in [0.05, 0.1) is 12.4 Å². The lowest BCUT2D eigenvalue weighted by atomic mass is 10.1. The van der Waals surface area contributed by atoms with E-state index in [2.05, 4.69) is 20.5 Å². The van der Waals surface area contributed by atoms with E-state index in [4.69, 9.17) is 4.74 Å². The highest BCUT2D eigenvalue weighted by Crippen LogP contribution is 2.25. The standard InChI is InChI=1S/C18H21FN6O/c1-24-10-14(9-22-24)26-18-4-2-3-16(18)21-8-13-5-6-17(15(19)7-13)25-12-20-11-23-25/h5-7,9-12,16,18,21H,2-4,8H2,1H3/t16-,18+/m0/s1. The van der Waals surface area contributed by atoms with Crippen molar-refractivity contribution in [2.24, 2.45) is 7.05 Å². The monoisotopic (exact) mass is 356 g/mol. The Balaban J connectivity index is 1.38. The molecule has 1 saturated carbocycles. The van der Waals surface area contributed by atoms with Crippen LogP contribution in [-0.4, -0.2) is 36.7 Å². The summed E-state index contributed by atoms with van der Waals surface area (Å²) in [4.78, 5) is 3.85. The van der Waals surface area contributed by atoms with Gasteiger partial charge in [-0.3, -0.25) is 4.68 Å². The first-order valence-electron chi connectivity index (χ1n) is 8.71. The highest BCUT2D eigenvalue weighted by Gasteiger charge is 2.29. The van der Waals surface area contributed by atoms with E-state index in [0.29, 0.717) is 12.2 Å². The van der Waals surface area contributed by atoms with Gasteiger partial charge >= 0.3 is 0 Å². The fourth-order valence-electron chi connectivity index (χ4n) is 3.36.